The minimum absolute atomic E-state index is 0.345. The predicted molar refractivity (Wildman–Crippen MR) is 81.2 cm³/mol. The summed E-state index contributed by atoms with van der Waals surface area (Å²) >= 11 is 0. The smallest absolute Gasteiger partial charge is 0.405 e. The van der Waals surface area contributed by atoms with Gasteiger partial charge in [-0.25, -0.2) is 0 Å². The number of nitrogens with zero attached hydrogens (tertiary/aromatic N) is 1. The summed E-state index contributed by atoms with van der Waals surface area (Å²) in [4.78, 5) is 4.39. The van der Waals surface area contributed by atoms with Crippen LogP contribution in [-0.4, -0.2) is 31.1 Å². The standard InChI is InChI=1S/C14H27BN2O2/c1-6-7-8-9-17-11-12(10-16)15-18-13(2,3)14(4,5)19-15/h10-11H,6-9,16H2,1-5H3. The van der Waals surface area contributed by atoms with Crippen molar-refractivity contribution in [2.75, 3.05) is 6.54 Å². The first-order chi connectivity index (χ1) is 8.84. The Hall–Kier alpha value is -0.805. The van der Waals surface area contributed by atoms with Gasteiger partial charge in [-0.05, 0) is 40.3 Å². The topological polar surface area (TPSA) is 56.8 Å². The molecule has 1 aliphatic heterocycles. The maximum atomic E-state index is 5.93. The molecule has 0 aromatic carbocycles. The Morgan fingerprint density at radius 2 is 1.74 bits per heavy atom. The van der Waals surface area contributed by atoms with E-state index >= 15 is 0 Å². The van der Waals surface area contributed by atoms with Gasteiger partial charge in [-0.3, -0.25) is 4.99 Å². The second-order valence-corrected chi connectivity index (χ2v) is 6.00. The first kappa shape index (κ1) is 16.2. The third kappa shape index (κ3) is 4.08. The van der Waals surface area contributed by atoms with Gasteiger partial charge in [-0.15, -0.1) is 0 Å². The summed E-state index contributed by atoms with van der Waals surface area (Å²) < 4.78 is 11.9. The molecule has 1 fully saturated rings. The number of hydrogen-bond donors (Lipinski definition) is 1. The molecule has 1 rings (SSSR count). The Morgan fingerprint density at radius 1 is 1.16 bits per heavy atom. The van der Waals surface area contributed by atoms with Gasteiger partial charge in [0.05, 0.1) is 11.2 Å². The average Bonchev–Trinajstić information content (AvgIpc) is 2.53. The van der Waals surface area contributed by atoms with Gasteiger partial charge in [-0.2, -0.15) is 0 Å². The minimum Gasteiger partial charge on any atom is -0.405 e. The maximum absolute atomic E-state index is 5.93. The summed E-state index contributed by atoms with van der Waals surface area (Å²) in [5.74, 6) is 0. The van der Waals surface area contributed by atoms with Crippen molar-refractivity contribution >= 4 is 13.3 Å². The zero-order valence-electron chi connectivity index (χ0n) is 12.9. The van der Waals surface area contributed by atoms with E-state index in [2.05, 4.69) is 11.9 Å². The first-order valence-corrected chi connectivity index (χ1v) is 7.11. The first-order valence-electron chi connectivity index (χ1n) is 7.11. The van der Waals surface area contributed by atoms with Crippen LogP contribution in [0.25, 0.3) is 0 Å². The molecule has 0 aromatic heterocycles. The van der Waals surface area contributed by atoms with Crippen molar-refractivity contribution in [2.24, 2.45) is 10.7 Å². The molecule has 4 nitrogen and oxygen atoms in total. The number of nitrogens with two attached hydrogens (primary N) is 1. The van der Waals surface area contributed by atoms with Crippen LogP contribution in [0.3, 0.4) is 0 Å². The Labute approximate surface area is 117 Å². The summed E-state index contributed by atoms with van der Waals surface area (Å²) in [5.41, 5.74) is 5.75. The van der Waals surface area contributed by atoms with Gasteiger partial charge in [0, 0.05) is 18.2 Å². The Balaban J connectivity index is 2.59. The lowest BCUT2D eigenvalue weighted by Crippen LogP contribution is -2.41. The van der Waals surface area contributed by atoms with Crippen LogP contribution < -0.4 is 5.73 Å². The quantitative estimate of drug-likeness (QED) is 0.457. The highest BCUT2D eigenvalue weighted by molar-refractivity contribution is 6.60. The molecule has 0 aliphatic carbocycles. The number of rotatable bonds is 6. The Bertz CT molecular complexity index is 335. The molecular weight excluding hydrogens is 239 g/mol. The summed E-state index contributed by atoms with van der Waals surface area (Å²) in [7, 11) is -0.426. The molecule has 2 N–H and O–H groups in total. The SMILES string of the molecule is CCCCCN=CC(=CN)B1OC(C)(C)C(C)(C)O1. The van der Waals surface area contributed by atoms with Crippen molar-refractivity contribution in [3.05, 3.63) is 11.7 Å². The van der Waals surface area contributed by atoms with Crippen molar-refractivity contribution in [3.8, 4) is 0 Å². The van der Waals surface area contributed by atoms with E-state index in [9.17, 15) is 0 Å². The molecule has 0 aromatic rings. The zero-order chi connectivity index (χ0) is 14.5. The van der Waals surface area contributed by atoms with Gasteiger partial charge >= 0.3 is 7.12 Å². The molecule has 1 aliphatic rings. The molecular formula is C14H27BN2O2. The highest BCUT2D eigenvalue weighted by atomic mass is 16.7. The van der Waals surface area contributed by atoms with Crippen LogP contribution in [0.5, 0.6) is 0 Å². The van der Waals surface area contributed by atoms with E-state index in [4.69, 9.17) is 15.0 Å². The molecule has 0 amide bonds. The van der Waals surface area contributed by atoms with E-state index in [1.165, 1.54) is 19.0 Å². The second kappa shape index (κ2) is 6.57. The average molecular weight is 266 g/mol. The van der Waals surface area contributed by atoms with Crippen LogP contribution in [0.1, 0.15) is 53.9 Å². The highest BCUT2D eigenvalue weighted by Gasteiger charge is 2.52. The molecule has 5 heteroatoms. The monoisotopic (exact) mass is 266 g/mol. The molecule has 0 bridgehead atoms. The molecule has 1 saturated heterocycles. The second-order valence-electron chi connectivity index (χ2n) is 6.00. The summed E-state index contributed by atoms with van der Waals surface area (Å²) in [6, 6.07) is 0. The minimum atomic E-state index is -0.426. The highest BCUT2D eigenvalue weighted by Crippen LogP contribution is 2.38. The molecule has 0 atom stereocenters. The van der Waals surface area contributed by atoms with Crippen molar-refractivity contribution in [1.29, 1.82) is 0 Å². The largest absolute Gasteiger partial charge is 0.497 e. The van der Waals surface area contributed by atoms with Gasteiger partial charge in [-0.1, -0.05) is 19.8 Å². The van der Waals surface area contributed by atoms with E-state index in [0.717, 1.165) is 18.4 Å². The van der Waals surface area contributed by atoms with Gasteiger partial charge in [0.25, 0.3) is 0 Å². The Kier molecular flexibility index (Phi) is 5.62. The summed E-state index contributed by atoms with van der Waals surface area (Å²) in [5, 5.41) is 0. The van der Waals surface area contributed by atoms with E-state index < -0.39 is 7.12 Å². The fourth-order valence-electron chi connectivity index (χ4n) is 1.78. The van der Waals surface area contributed by atoms with Crippen molar-refractivity contribution < 1.29 is 9.31 Å². The number of unbranched alkanes of at least 4 members (excludes halogenated alkanes) is 2. The van der Waals surface area contributed by atoms with E-state index in [1.54, 1.807) is 6.21 Å². The molecule has 19 heavy (non-hydrogen) atoms. The maximum Gasteiger partial charge on any atom is 0.497 e. The van der Waals surface area contributed by atoms with Crippen LogP contribution >= 0.6 is 0 Å². The van der Waals surface area contributed by atoms with Gasteiger partial charge in [0.1, 0.15) is 0 Å². The molecule has 0 radical (unpaired) electrons. The van der Waals surface area contributed by atoms with Crippen molar-refractivity contribution in [2.45, 2.75) is 65.1 Å². The van der Waals surface area contributed by atoms with Gasteiger partial charge in [0.2, 0.25) is 0 Å². The third-order valence-electron chi connectivity index (χ3n) is 3.85. The van der Waals surface area contributed by atoms with Crippen LogP contribution in [0, 0.1) is 0 Å². The molecule has 108 valence electrons. The Morgan fingerprint density at radius 3 is 2.21 bits per heavy atom. The third-order valence-corrected chi connectivity index (χ3v) is 3.85. The molecule has 0 spiro atoms. The van der Waals surface area contributed by atoms with Crippen LogP contribution in [-0.2, 0) is 9.31 Å². The van der Waals surface area contributed by atoms with Crippen molar-refractivity contribution in [3.63, 3.8) is 0 Å². The van der Waals surface area contributed by atoms with E-state index in [-0.39, 0.29) is 11.2 Å². The van der Waals surface area contributed by atoms with Crippen LogP contribution in [0.4, 0.5) is 0 Å². The fourth-order valence-corrected chi connectivity index (χ4v) is 1.78. The van der Waals surface area contributed by atoms with Gasteiger partial charge in [0.15, 0.2) is 0 Å². The van der Waals surface area contributed by atoms with Crippen LogP contribution in [0.15, 0.2) is 16.7 Å². The number of aliphatic imine (C=N–C) groups is 1. The lowest BCUT2D eigenvalue weighted by atomic mass is 9.79. The lowest BCUT2D eigenvalue weighted by Gasteiger charge is -2.32. The summed E-state index contributed by atoms with van der Waals surface area (Å²) in [6.45, 7) is 11.1. The van der Waals surface area contributed by atoms with E-state index in [0.29, 0.717) is 0 Å². The number of hydrogen-bond acceptors (Lipinski definition) is 4. The molecule has 1 heterocycles. The van der Waals surface area contributed by atoms with Crippen LogP contribution in [0.2, 0.25) is 0 Å². The molecule has 0 unspecified atom stereocenters. The number of allylic oxidation sites excluding steroid dienone is 1. The van der Waals surface area contributed by atoms with Gasteiger partial charge < -0.3 is 15.0 Å². The molecule has 0 saturated carbocycles. The predicted octanol–water partition coefficient (Wildman–Crippen LogP) is 2.72. The normalized spacial score (nSPS) is 22.4. The zero-order valence-corrected chi connectivity index (χ0v) is 12.9. The summed E-state index contributed by atoms with van der Waals surface area (Å²) in [6.07, 6.45) is 6.80. The lowest BCUT2D eigenvalue weighted by molar-refractivity contribution is 0.00578. The van der Waals surface area contributed by atoms with E-state index in [1.807, 2.05) is 27.7 Å². The van der Waals surface area contributed by atoms with Crippen molar-refractivity contribution in [1.82, 2.24) is 0 Å². The fraction of sp³-hybridized carbons (Fsp3) is 0.786.